The zero-order valence-corrected chi connectivity index (χ0v) is 17.8. The van der Waals surface area contributed by atoms with E-state index in [1.165, 1.54) is 11.1 Å². The molecule has 0 unspecified atom stereocenters. The molecular formula is C27H28N2O2. The van der Waals surface area contributed by atoms with Crippen molar-refractivity contribution in [3.8, 4) is 5.75 Å². The van der Waals surface area contributed by atoms with Crippen molar-refractivity contribution < 1.29 is 9.53 Å². The van der Waals surface area contributed by atoms with Gasteiger partial charge in [-0.15, -0.1) is 0 Å². The van der Waals surface area contributed by atoms with E-state index in [0.717, 1.165) is 30.6 Å². The van der Waals surface area contributed by atoms with Crippen LogP contribution >= 0.6 is 0 Å². The first-order valence-electron chi connectivity index (χ1n) is 10.9. The van der Waals surface area contributed by atoms with Crippen LogP contribution in [0, 0.1) is 5.92 Å². The normalized spacial score (nSPS) is 16.7. The lowest BCUT2D eigenvalue weighted by atomic mass is 9.85. The van der Waals surface area contributed by atoms with Crippen LogP contribution in [-0.4, -0.2) is 18.7 Å². The van der Waals surface area contributed by atoms with E-state index in [2.05, 4.69) is 41.7 Å². The molecule has 1 aliphatic rings. The van der Waals surface area contributed by atoms with Crippen molar-refractivity contribution in [1.29, 1.82) is 0 Å². The Morgan fingerprint density at radius 3 is 2.26 bits per heavy atom. The second-order valence-electron chi connectivity index (χ2n) is 7.93. The van der Waals surface area contributed by atoms with E-state index in [1.807, 2.05) is 60.7 Å². The minimum absolute atomic E-state index is 0.0617. The maximum absolute atomic E-state index is 13.0. The van der Waals surface area contributed by atoms with Crippen LogP contribution in [0.15, 0.2) is 90.0 Å². The number of para-hydroxylation sites is 1. The molecule has 3 aromatic carbocycles. The largest absolute Gasteiger partial charge is 0.493 e. The van der Waals surface area contributed by atoms with E-state index in [1.54, 1.807) is 6.21 Å². The summed E-state index contributed by atoms with van der Waals surface area (Å²) in [5, 5.41) is 4.24. The van der Waals surface area contributed by atoms with Gasteiger partial charge in [-0.05, 0) is 36.1 Å². The van der Waals surface area contributed by atoms with E-state index < -0.39 is 0 Å². The highest BCUT2D eigenvalue weighted by Gasteiger charge is 2.60. The molecule has 0 heterocycles. The van der Waals surface area contributed by atoms with Crippen LogP contribution in [0.2, 0.25) is 0 Å². The Hall–Kier alpha value is -3.40. The number of rotatable bonds is 9. The molecule has 1 amide bonds. The summed E-state index contributed by atoms with van der Waals surface area (Å²) in [6, 6.07) is 28.3. The average Bonchev–Trinajstić information content (AvgIpc) is 3.59. The molecule has 1 aliphatic carbocycles. The van der Waals surface area contributed by atoms with Gasteiger partial charge in [0.05, 0.1) is 18.7 Å². The van der Waals surface area contributed by atoms with E-state index >= 15 is 0 Å². The van der Waals surface area contributed by atoms with Gasteiger partial charge in [-0.25, -0.2) is 5.43 Å². The molecular weight excluding hydrogens is 384 g/mol. The maximum Gasteiger partial charge on any atom is 0.244 e. The molecule has 0 saturated heterocycles. The van der Waals surface area contributed by atoms with Gasteiger partial charge in [-0.1, -0.05) is 86.1 Å². The summed E-state index contributed by atoms with van der Waals surface area (Å²) in [7, 11) is 0. The molecule has 1 saturated carbocycles. The molecule has 4 heteroatoms. The molecule has 0 aliphatic heterocycles. The second kappa shape index (κ2) is 9.61. The fraction of sp³-hybridized carbons (Fsp3) is 0.259. The van der Waals surface area contributed by atoms with Crippen molar-refractivity contribution in [2.75, 3.05) is 6.61 Å². The fourth-order valence-electron chi connectivity index (χ4n) is 4.14. The van der Waals surface area contributed by atoms with Crippen LogP contribution in [0.25, 0.3) is 0 Å². The lowest BCUT2D eigenvalue weighted by molar-refractivity contribution is -0.122. The minimum atomic E-state index is -0.288. The van der Waals surface area contributed by atoms with Gasteiger partial charge >= 0.3 is 0 Å². The minimum Gasteiger partial charge on any atom is -0.493 e. The van der Waals surface area contributed by atoms with Crippen LogP contribution in [0.3, 0.4) is 0 Å². The first-order chi connectivity index (χ1) is 15.3. The van der Waals surface area contributed by atoms with Gasteiger partial charge in [0.1, 0.15) is 5.75 Å². The Kier molecular flexibility index (Phi) is 6.46. The summed E-state index contributed by atoms with van der Waals surface area (Å²) in [6.07, 6.45) is 4.52. The van der Waals surface area contributed by atoms with Crippen LogP contribution in [0.1, 0.15) is 42.9 Å². The second-order valence-corrected chi connectivity index (χ2v) is 7.93. The number of hydrogen-bond donors (Lipinski definition) is 1. The number of benzene rings is 3. The van der Waals surface area contributed by atoms with Crippen molar-refractivity contribution in [3.05, 3.63) is 102 Å². The standard InChI is InChI=1S/C27H28N2O2/c1-2-3-18-31-25-17-11-10-12-21(25)20-28-29-26(30)24-19-27(24,22-13-6-4-7-14-22)23-15-8-5-9-16-23/h4-17,20,24H,2-3,18-19H2,1H3,(H,29,30)/t24-/m0/s1. The van der Waals surface area contributed by atoms with Crippen molar-refractivity contribution in [2.45, 2.75) is 31.6 Å². The first-order valence-corrected chi connectivity index (χ1v) is 10.9. The van der Waals surface area contributed by atoms with Crippen molar-refractivity contribution in [3.63, 3.8) is 0 Å². The highest BCUT2D eigenvalue weighted by molar-refractivity contribution is 5.88. The summed E-state index contributed by atoms with van der Waals surface area (Å²) >= 11 is 0. The van der Waals surface area contributed by atoms with E-state index in [0.29, 0.717) is 6.61 Å². The van der Waals surface area contributed by atoms with Crippen LogP contribution < -0.4 is 10.2 Å². The highest BCUT2D eigenvalue weighted by atomic mass is 16.5. The molecule has 0 aromatic heterocycles. The van der Waals surface area contributed by atoms with Gasteiger partial charge in [-0.3, -0.25) is 4.79 Å². The Morgan fingerprint density at radius 2 is 1.61 bits per heavy atom. The first kappa shape index (κ1) is 20.9. The summed E-state index contributed by atoms with van der Waals surface area (Å²) < 4.78 is 5.84. The zero-order chi connectivity index (χ0) is 21.5. The molecule has 0 bridgehead atoms. The smallest absolute Gasteiger partial charge is 0.244 e. The van der Waals surface area contributed by atoms with E-state index in [4.69, 9.17) is 4.74 Å². The molecule has 4 rings (SSSR count). The van der Waals surface area contributed by atoms with Gasteiger partial charge < -0.3 is 4.74 Å². The predicted molar refractivity (Wildman–Crippen MR) is 124 cm³/mol. The fourth-order valence-corrected chi connectivity index (χ4v) is 4.14. The third-order valence-electron chi connectivity index (χ3n) is 5.91. The average molecular weight is 413 g/mol. The van der Waals surface area contributed by atoms with Gasteiger partial charge in [0.15, 0.2) is 0 Å². The highest BCUT2D eigenvalue weighted by Crippen LogP contribution is 2.58. The Labute approximate surface area is 184 Å². The number of hydrazone groups is 1. The number of hydrogen-bond acceptors (Lipinski definition) is 3. The van der Waals surface area contributed by atoms with Crippen LogP contribution in [-0.2, 0) is 10.2 Å². The summed E-state index contributed by atoms with van der Waals surface area (Å²) in [6.45, 7) is 2.81. The lowest BCUT2D eigenvalue weighted by Gasteiger charge is -2.18. The molecule has 1 N–H and O–H groups in total. The van der Waals surface area contributed by atoms with E-state index in [9.17, 15) is 4.79 Å². The SMILES string of the molecule is CCCCOc1ccccc1C=NNC(=O)[C@@H]1CC1(c1ccccc1)c1ccccc1. The lowest BCUT2D eigenvalue weighted by Crippen LogP contribution is -2.25. The predicted octanol–water partition coefficient (Wildman–Crippen LogP) is 5.32. The third kappa shape index (κ3) is 4.53. The third-order valence-corrected chi connectivity index (χ3v) is 5.91. The van der Waals surface area contributed by atoms with Crippen LogP contribution in [0.4, 0.5) is 0 Å². The topological polar surface area (TPSA) is 50.7 Å². The van der Waals surface area contributed by atoms with E-state index in [-0.39, 0.29) is 17.2 Å². The number of nitrogens with one attached hydrogen (secondary N) is 1. The van der Waals surface area contributed by atoms with Gasteiger partial charge in [0.25, 0.3) is 0 Å². The maximum atomic E-state index is 13.0. The van der Waals surface area contributed by atoms with Gasteiger partial charge in [0, 0.05) is 11.0 Å². The van der Waals surface area contributed by atoms with Crippen molar-refractivity contribution >= 4 is 12.1 Å². The molecule has 3 aromatic rings. The number of ether oxygens (including phenoxy) is 1. The zero-order valence-electron chi connectivity index (χ0n) is 17.8. The number of unbranched alkanes of at least 4 members (excludes halogenated alkanes) is 1. The summed E-state index contributed by atoms with van der Waals surface area (Å²) in [5.41, 5.74) is 5.66. The molecule has 1 fully saturated rings. The number of nitrogens with zero attached hydrogens (tertiary/aromatic N) is 1. The quantitative estimate of drug-likeness (QED) is 0.294. The van der Waals surface area contributed by atoms with Gasteiger partial charge in [0.2, 0.25) is 5.91 Å². The Balaban J connectivity index is 1.47. The monoisotopic (exact) mass is 412 g/mol. The van der Waals surface area contributed by atoms with Crippen molar-refractivity contribution in [2.24, 2.45) is 11.0 Å². The number of carbonyl (C=O) groups excluding carboxylic acids is 1. The molecule has 31 heavy (non-hydrogen) atoms. The molecule has 4 nitrogen and oxygen atoms in total. The van der Waals surface area contributed by atoms with Crippen LogP contribution in [0.5, 0.6) is 5.75 Å². The Bertz CT molecular complexity index is 992. The number of amides is 1. The Morgan fingerprint density at radius 1 is 1.00 bits per heavy atom. The number of carbonyl (C=O) groups is 1. The molecule has 0 spiro atoms. The molecule has 158 valence electrons. The molecule has 0 radical (unpaired) electrons. The summed E-state index contributed by atoms with van der Waals surface area (Å²) in [5.74, 6) is 0.571. The van der Waals surface area contributed by atoms with Gasteiger partial charge in [-0.2, -0.15) is 5.10 Å². The van der Waals surface area contributed by atoms with Crippen molar-refractivity contribution in [1.82, 2.24) is 5.43 Å². The molecule has 1 atom stereocenters. The summed E-state index contributed by atoms with van der Waals surface area (Å²) in [4.78, 5) is 13.0.